The maximum atomic E-state index is 12.7. The van der Waals surface area contributed by atoms with Crippen molar-refractivity contribution in [1.82, 2.24) is 10.0 Å². The summed E-state index contributed by atoms with van der Waals surface area (Å²) < 4.78 is 0. The van der Waals surface area contributed by atoms with Crippen LogP contribution in [0.25, 0.3) is 6.08 Å². The summed E-state index contributed by atoms with van der Waals surface area (Å²) >= 11 is 1.39. The Balaban J connectivity index is 1.95. The molecule has 0 radical (unpaired) electrons. The van der Waals surface area contributed by atoms with Gasteiger partial charge in [-0.05, 0) is 42.5 Å². The van der Waals surface area contributed by atoms with Crippen molar-refractivity contribution < 1.29 is 4.79 Å². The normalized spacial score (nSPS) is 18.2. The zero-order valence-electron chi connectivity index (χ0n) is 13.9. The average molecular weight is 337 g/mol. The van der Waals surface area contributed by atoms with Gasteiger partial charge in [-0.15, -0.1) is 0 Å². The predicted octanol–water partition coefficient (Wildman–Crippen LogP) is 4.08. The van der Waals surface area contributed by atoms with Gasteiger partial charge >= 0.3 is 0 Å². The molecule has 2 aromatic carbocycles. The van der Waals surface area contributed by atoms with Crippen molar-refractivity contribution in [3.8, 4) is 0 Å². The number of para-hydroxylation sites is 1. The van der Waals surface area contributed by atoms with Gasteiger partial charge in [0, 0.05) is 14.1 Å². The van der Waals surface area contributed by atoms with Gasteiger partial charge in [-0.25, -0.2) is 15.0 Å². The molecule has 0 N–H and O–H groups in total. The molecule has 2 aromatic rings. The second kappa shape index (κ2) is 7.03. The first kappa shape index (κ1) is 16.5. The van der Waals surface area contributed by atoms with E-state index in [2.05, 4.69) is 4.99 Å². The largest absolute Gasteiger partial charge is 0.281 e. The van der Waals surface area contributed by atoms with Crippen LogP contribution < -0.4 is 0 Å². The summed E-state index contributed by atoms with van der Waals surface area (Å²) in [5.74, 6) is -0.0553. The molecular formula is C19H19N3OS. The number of carbonyl (C=O) groups excluding carboxylic acids is 1. The van der Waals surface area contributed by atoms with Crippen molar-refractivity contribution in [2.24, 2.45) is 4.99 Å². The van der Waals surface area contributed by atoms with E-state index < -0.39 is 0 Å². The molecule has 122 valence electrons. The average Bonchev–Trinajstić information content (AvgIpc) is 2.86. The van der Waals surface area contributed by atoms with E-state index in [1.54, 1.807) is 10.0 Å². The smallest absolute Gasteiger partial charge is 0.267 e. The highest BCUT2D eigenvalue weighted by Gasteiger charge is 2.35. The first-order chi connectivity index (χ1) is 11.5. The van der Waals surface area contributed by atoms with Gasteiger partial charge in [0.15, 0.2) is 5.17 Å². The van der Waals surface area contributed by atoms with Gasteiger partial charge in [0.05, 0.1) is 10.6 Å². The van der Waals surface area contributed by atoms with Crippen molar-refractivity contribution >= 4 is 34.6 Å². The highest BCUT2D eigenvalue weighted by molar-refractivity contribution is 8.18. The molecular weight excluding hydrogens is 318 g/mol. The molecule has 0 bridgehead atoms. The summed E-state index contributed by atoms with van der Waals surface area (Å²) in [6, 6.07) is 17.8. The van der Waals surface area contributed by atoms with Crippen LogP contribution in [0.15, 0.2) is 64.5 Å². The minimum Gasteiger partial charge on any atom is -0.267 e. The zero-order valence-corrected chi connectivity index (χ0v) is 14.7. The van der Waals surface area contributed by atoms with Crippen molar-refractivity contribution in [2.45, 2.75) is 6.92 Å². The Morgan fingerprint density at radius 2 is 1.71 bits per heavy atom. The number of carbonyl (C=O) groups is 1. The van der Waals surface area contributed by atoms with Crippen LogP contribution in [0.3, 0.4) is 0 Å². The molecule has 1 heterocycles. The molecule has 0 unspecified atom stereocenters. The number of amides is 1. The van der Waals surface area contributed by atoms with Crippen LogP contribution in [-0.2, 0) is 4.79 Å². The summed E-state index contributed by atoms with van der Waals surface area (Å²) in [4.78, 5) is 18.0. The minimum absolute atomic E-state index is 0.0553. The van der Waals surface area contributed by atoms with Crippen LogP contribution in [0, 0.1) is 6.92 Å². The Hall–Kier alpha value is -2.37. The molecule has 1 fully saturated rings. The van der Waals surface area contributed by atoms with Crippen LogP contribution in [0.1, 0.15) is 11.1 Å². The lowest BCUT2D eigenvalue weighted by Gasteiger charge is -2.22. The fraction of sp³-hybridized carbons (Fsp3) is 0.158. The van der Waals surface area contributed by atoms with Crippen molar-refractivity contribution in [2.75, 3.05) is 14.1 Å². The minimum atomic E-state index is -0.0553. The van der Waals surface area contributed by atoms with Crippen molar-refractivity contribution in [3.05, 3.63) is 70.6 Å². The Labute approximate surface area is 146 Å². The number of amidine groups is 1. The number of hydrogen-bond donors (Lipinski definition) is 0. The number of aryl methyl sites for hydroxylation is 1. The Morgan fingerprint density at radius 3 is 2.33 bits per heavy atom. The number of aliphatic imine (C=N–C) groups is 1. The summed E-state index contributed by atoms with van der Waals surface area (Å²) in [5.41, 5.74) is 3.04. The van der Waals surface area contributed by atoms with Crippen LogP contribution in [0.5, 0.6) is 0 Å². The predicted molar refractivity (Wildman–Crippen MR) is 101 cm³/mol. The third-order valence-electron chi connectivity index (χ3n) is 3.54. The molecule has 0 aromatic heterocycles. The molecule has 4 nitrogen and oxygen atoms in total. The maximum Gasteiger partial charge on any atom is 0.281 e. The number of benzene rings is 2. The monoisotopic (exact) mass is 337 g/mol. The highest BCUT2D eigenvalue weighted by Crippen LogP contribution is 2.34. The molecule has 0 atom stereocenters. The van der Waals surface area contributed by atoms with Crippen molar-refractivity contribution in [1.29, 1.82) is 0 Å². The molecule has 0 spiro atoms. The third-order valence-corrected chi connectivity index (χ3v) is 4.50. The quantitative estimate of drug-likeness (QED) is 0.792. The second-order valence-corrected chi connectivity index (χ2v) is 6.72. The fourth-order valence-electron chi connectivity index (χ4n) is 2.32. The molecule has 24 heavy (non-hydrogen) atoms. The van der Waals surface area contributed by atoms with Gasteiger partial charge in [-0.2, -0.15) is 0 Å². The van der Waals surface area contributed by atoms with E-state index >= 15 is 0 Å². The summed E-state index contributed by atoms with van der Waals surface area (Å²) in [7, 11) is 3.68. The van der Waals surface area contributed by atoms with Crippen LogP contribution in [-0.4, -0.2) is 35.2 Å². The summed E-state index contributed by atoms with van der Waals surface area (Å²) in [6.07, 6.45) is 1.91. The number of rotatable bonds is 3. The van der Waals surface area contributed by atoms with Gasteiger partial charge in [0.25, 0.3) is 5.91 Å². The van der Waals surface area contributed by atoms with E-state index in [-0.39, 0.29) is 5.91 Å². The van der Waals surface area contributed by atoms with Crippen LogP contribution >= 0.6 is 11.8 Å². The maximum absolute atomic E-state index is 12.7. The number of hydrazine groups is 1. The standard InChI is InChI=1S/C19H19N3OS/c1-14-9-11-15(12-10-14)13-17-18(23)22(21(2)3)19(24-17)20-16-7-5-4-6-8-16/h4-13H,1-3H3. The van der Waals surface area contributed by atoms with Gasteiger partial charge in [-0.1, -0.05) is 48.0 Å². The van der Waals surface area contributed by atoms with Gasteiger partial charge in [0.2, 0.25) is 0 Å². The number of thioether (sulfide) groups is 1. The van der Waals surface area contributed by atoms with Crippen molar-refractivity contribution in [3.63, 3.8) is 0 Å². The molecule has 1 aliphatic heterocycles. The van der Waals surface area contributed by atoms with Gasteiger partial charge < -0.3 is 0 Å². The topological polar surface area (TPSA) is 35.9 Å². The fourth-order valence-corrected chi connectivity index (χ4v) is 3.37. The Kier molecular flexibility index (Phi) is 4.83. The number of nitrogens with zero attached hydrogens (tertiary/aromatic N) is 3. The summed E-state index contributed by atoms with van der Waals surface area (Å²) in [5, 5.41) is 4.01. The van der Waals surface area contributed by atoms with Gasteiger partial charge in [-0.3, -0.25) is 4.79 Å². The lowest BCUT2D eigenvalue weighted by Crippen LogP contribution is -2.40. The Morgan fingerprint density at radius 1 is 1.04 bits per heavy atom. The lowest BCUT2D eigenvalue weighted by atomic mass is 10.1. The van der Waals surface area contributed by atoms with E-state index in [0.717, 1.165) is 11.3 Å². The second-order valence-electron chi connectivity index (χ2n) is 5.72. The SMILES string of the molecule is Cc1ccc(C=C2SC(=Nc3ccccc3)N(N(C)C)C2=O)cc1. The van der Waals surface area contributed by atoms with Crippen LogP contribution in [0.4, 0.5) is 5.69 Å². The first-order valence-electron chi connectivity index (χ1n) is 7.66. The van der Waals surface area contributed by atoms with Crippen LogP contribution in [0.2, 0.25) is 0 Å². The van der Waals surface area contributed by atoms with E-state index in [4.69, 9.17) is 0 Å². The van der Waals surface area contributed by atoms with E-state index in [9.17, 15) is 4.79 Å². The first-order valence-corrected chi connectivity index (χ1v) is 8.48. The van der Waals surface area contributed by atoms with E-state index in [0.29, 0.717) is 10.1 Å². The summed E-state index contributed by atoms with van der Waals surface area (Å²) in [6.45, 7) is 2.05. The molecule has 1 saturated heterocycles. The molecule has 0 aliphatic carbocycles. The number of hydrogen-bond acceptors (Lipinski definition) is 4. The molecule has 1 amide bonds. The highest BCUT2D eigenvalue weighted by atomic mass is 32.2. The molecule has 0 saturated carbocycles. The van der Waals surface area contributed by atoms with E-state index in [1.165, 1.54) is 17.3 Å². The molecule has 3 rings (SSSR count). The lowest BCUT2D eigenvalue weighted by molar-refractivity contribution is -0.130. The third kappa shape index (κ3) is 3.58. The molecule has 1 aliphatic rings. The van der Waals surface area contributed by atoms with Gasteiger partial charge in [0.1, 0.15) is 0 Å². The zero-order chi connectivity index (χ0) is 17.1. The Bertz CT molecular complexity index is 795. The van der Waals surface area contributed by atoms with E-state index in [1.807, 2.05) is 81.7 Å². The molecule has 5 heteroatoms.